The van der Waals surface area contributed by atoms with Gasteiger partial charge in [0.15, 0.2) is 0 Å². The van der Waals surface area contributed by atoms with E-state index in [0.717, 1.165) is 19.6 Å². The Kier molecular flexibility index (Phi) is 6.04. The molecule has 3 nitrogen and oxygen atoms in total. The van der Waals surface area contributed by atoms with Crippen LogP contribution in [0.25, 0.3) is 0 Å². The SMILES string of the molecule is CCCOCC(NCC)c1cnccc1C. The summed E-state index contributed by atoms with van der Waals surface area (Å²) in [6.07, 6.45) is 4.82. The summed E-state index contributed by atoms with van der Waals surface area (Å²) in [5.74, 6) is 0. The lowest BCUT2D eigenvalue weighted by Gasteiger charge is -2.19. The topological polar surface area (TPSA) is 34.1 Å². The minimum Gasteiger partial charge on any atom is -0.379 e. The molecule has 16 heavy (non-hydrogen) atoms. The van der Waals surface area contributed by atoms with Crippen LogP contribution in [0.1, 0.15) is 37.4 Å². The van der Waals surface area contributed by atoms with Gasteiger partial charge in [0, 0.05) is 19.0 Å². The molecule has 0 aromatic carbocycles. The fourth-order valence-electron chi connectivity index (χ4n) is 1.69. The van der Waals surface area contributed by atoms with Crippen molar-refractivity contribution >= 4 is 0 Å². The summed E-state index contributed by atoms with van der Waals surface area (Å²) in [5.41, 5.74) is 2.50. The molecule has 0 bridgehead atoms. The molecule has 0 aliphatic heterocycles. The van der Waals surface area contributed by atoms with Crippen LogP contribution in [0.5, 0.6) is 0 Å². The van der Waals surface area contributed by atoms with Crippen molar-refractivity contribution in [2.75, 3.05) is 19.8 Å². The molecule has 1 heterocycles. The normalized spacial score (nSPS) is 12.7. The minimum absolute atomic E-state index is 0.255. The van der Waals surface area contributed by atoms with E-state index in [1.807, 2.05) is 18.5 Å². The Morgan fingerprint density at radius 1 is 1.44 bits per heavy atom. The summed E-state index contributed by atoms with van der Waals surface area (Å²) < 4.78 is 5.62. The van der Waals surface area contributed by atoms with Gasteiger partial charge in [0.05, 0.1) is 12.6 Å². The van der Waals surface area contributed by atoms with Crippen molar-refractivity contribution in [3.8, 4) is 0 Å². The molecule has 1 unspecified atom stereocenters. The highest BCUT2D eigenvalue weighted by molar-refractivity contribution is 5.25. The molecule has 1 aromatic heterocycles. The summed E-state index contributed by atoms with van der Waals surface area (Å²) in [4.78, 5) is 4.18. The average molecular weight is 222 g/mol. The van der Waals surface area contributed by atoms with Crippen molar-refractivity contribution in [1.29, 1.82) is 0 Å². The summed E-state index contributed by atoms with van der Waals surface area (Å²) in [5, 5.41) is 3.43. The molecule has 1 rings (SSSR count). The van der Waals surface area contributed by atoms with Crippen molar-refractivity contribution in [2.24, 2.45) is 0 Å². The third-order valence-corrected chi connectivity index (χ3v) is 2.54. The van der Waals surface area contributed by atoms with Gasteiger partial charge in [-0.15, -0.1) is 0 Å². The monoisotopic (exact) mass is 222 g/mol. The second-order valence-corrected chi connectivity index (χ2v) is 3.92. The average Bonchev–Trinajstić information content (AvgIpc) is 2.29. The van der Waals surface area contributed by atoms with E-state index in [-0.39, 0.29) is 6.04 Å². The van der Waals surface area contributed by atoms with Crippen molar-refractivity contribution in [2.45, 2.75) is 33.2 Å². The molecular formula is C13H22N2O. The van der Waals surface area contributed by atoms with Gasteiger partial charge in [-0.05, 0) is 37.1 Å². The summed E-state index contributed by atoms with van der Waals surface area (Å²) in [6.45, 7) is 8.82. The van der Waals surface area contributed by atoms with Gasteiger partial charge in [-0.2, -0.15) is 0 Å². The van der Waals surface area contributed by atoms with Gasteiger partial charge in [-0.3, -0.25) is 4.98 Å². The first kappa shape index (κ1) is 13.1. The van der Waals surface area contributed by atoms with Crippen molar-refractivity contribution < 1.29 is 4.74 Å². The largest absolute Gasteiger partial charge is 0.379 e. The van der Waals surface area contributed by atoms with Gasteiger partial charge in [0.25, 0.3) is 0 Å². The Bertz CT molecular complexity index is 302. The number of hydrogen-bond acceptors (Lipinski definition) is 3. The molecule has 0 aliphatic rings. The highest BCUT2D eigenvalue weighted by Gasteiger charge is 2.12. The summed E-state index contributed by atoms with van der Waals surface area (Å²) in [7, 11) is 0. The van der Waals surface area contributed by atoms with E-state index in [9.17, 15) is 0 Å². The Hall–Kier alpha value is -0.930. The molecule has 0 saturated heterocycles. The molecule has 0 amide bonds. The van der Waals surface area contributed by atoms with E-state index >= 15 is 0 Å². The fraction of sp³-hybridized carbons (Fsp3) is 0.615. The smallest absolute Gasteiger partial charge is 0.0662 e. The first-order valence-corrected chi connectivity index (χ1v) is 6.01. The van der Waals surface area contributed by atoms with Crippen LogP contribution in [-0.4, -0.2) is 24.7 Å². The number of likely N-dealkylation sites (N-methyl/N-ethyl adjacent to an activating group) is 1. The molecule has 0 fully saturated rings. The Balaban J connectivity index is 2.65. The van der Waals surface area contributed by atoms with Crippen LogP contribution in [-0.2, 0) is 4.74 Å². The van der Waals surface area contributed by atoms with Crippen LogP contribution in [0, 0.1) is 6.92 Å². The minimum atomic E-state index is 0.255. The van der Waals surface area contributed by atoms with Crippen LogP contribution in [0.2, 0.25) is 0 Å². The molecule has 90 valence electrons. The molecular weight excluding hydrogens is 200 g/mol. The first-order valence-electron chi connectivity index (χ1n) is 6.01. The Labute approximate surface area is 98.2 Å². The second kappa shape index (κ2) is 7.36. The maximum absolute atomic E-state index is 5.62. The maximum atomic E-state index is 5.62. The second-order valence-electron chi connectivity index (χ2n) is 3.92. The molecule has 0 radical (unpaired) electrons. The van der Waals surface area contributed by atoms with E-state index in [4.69, 9.17) is 4.74 Å². The van der Waals surface area contributed by atoms with Gasteiger partial charge in [0.1, 0.15) is 0 Å². The summed E-state index contributed by atoms with van der Waals surface area (Å²) >= 11 is 0. The van der Waals surface area contributed by atoms with E-state index in [1.54, 1.807) is 0 Å². The number of nitrogens with zero attached hydrogens (tertiary/aromatic N) is 1. The van der Waals surface area contributed by atoms with Gasteiger partial charge in [0.2, 0.25) is 0 Å². The number of rotatable bonds is 7. The van der Waals surface area contributed by atoms with Crippen LogP contribution in [0.15, 0.2) is 18.5 Å². The number of pyridine rings is 1. The molecule has 0 spiro atoms. The molecule has 1 atom stereocenters. The van der Waals surface area contributed by atoms with E-state index in [0.29, 0.717) is 6.61 Å². The van der Waals surface area contributed by atoms with Gasteiger partial charge in [-0.25, -0.2) is 0 Å². The predicted molar refractivity (Wildman–Crippen MR) is 66.5 cm³/mol. The van der Waals surface area contributed by atoms with Gasteiger partial charge in [-0.1, -0.05) is 13.8 Å². The standard InChI is InChI=1S/C13H22N2O/c1-4-8-16-10-13(15-5-2)12-9-14-7-6-11(12)3/h6-7,9,13,15H,4-5,8,10H2,1-3H3. The van der Waals surface area contributed by atoms with Crippen LogP contribution in [0.4, 0.5) is 0 Å². The number of nitrogens with one attached hydrogen (secondary N) is 1. The highest BCUT2D eigenvalue weighted by Crippen LogP contribution is 2.16. The van der Waals surface area contributed by atoms with Gasteiger partial charge >= 0.3 is 0 Å². The van der Waals surface area contributed by atoms with E-state index < -0.39 is 0 Å². The molecule has 1 N–H and O–H groups in total. The zero-order valence-corrected chi connectivity index (χ0v) is 10.5. The number of hydrogen-bond donors (Lipinski definition) is 1. The molecule has 0 aliphatic carbocycles. The lowest BCUT2D eigenvalue weighted by atomic mass is 10.0. The highest BCUT2D eigenvalue weighted by atomic mass is 16.5. The lowest BCUT2D eigenvalue weighted by molar-refractivity contribution is 0.112. The maximum Gasteiger partial charge on any atom is 0.0662 e. The number of aromatic nitrogens is 1. The molecule has 0 saturated carbocycles. The molecule has 3 heteroatoms. The third-order valence-electron chi connectivity index (χ3n) is 2.54. The number of aryl methyl sites for hydroxylation is 1. The lowest BCUT2D eigenvalue weighted by Crippen LogP contribution is -2.26. The van der Waals surface area contributed by atoms with Crippen LogP contribution < -0.4 is 5.32 Å². The fourth-order valence-corrected chi connectivity index (χ4v) is 1.69. The summed E-state index contributed by atoms with van der Waals surface area (Å²) in [6, 6.07) is 2.30. The zero-order valence-electron chi connectivity index (χ0n) is 10.5. The third kappa shape index (κ3) is 3.91. The van der Waals surface area contributed by atoms with E-state index in [2.05, 4.69) is 31.1 Å². The Morgan fingerprint density at radius 2 is 2.25 bits per heavy atom. The Morgan fingerprint density at radius 3 is 2.88 bits per heavy atom. The zero-order chi connectivity index (χ0) is 11.8. The quantitative estimate of drug-likeness (QED) is 0.720. The predicted octanol–water partition coefficient (Wildman–Crippen LogP) is 2.47. The van der Waals surface area contributed by atoms with E-state index in [1.165, 1.54) is 11.1 Å². The first-order chi connectivity index (χ1) is 7.79. The molecule has 1 aromatic rings. The van der Waals surface area contributed by atoms with Gasteiger partial charge < -0.3 is 10.1 Å². The van der Waals surface area contributed by atoms with Crippen molar-refractivity contribution in [1.82, 2.24) is 10.3 Å². The van der Waals surface area contributed by atoms with Crippen molar-refractivity contribution in [3.63, 3.8) is 0 Å². The number of ether oxygens (including phenoxy) is 1. The van der Waals surface area contributed by atoms with Crippen LogP contribution in [0.3, 0.4) is 0 Å². The van der Waals surface area contributed by atoms with Crippen molar-refractivity contribution in [3.05, 3.63) is 29.6 Å². The van der Waals surface area contributed by atoms with Crippen LogP contribution >= 0.6 is 0 Å².